The Morgan fingerprint density at radius 1 is 0.188 bits per heavy atom. The van der Waals surface area contributed by atoms with Crippen LogP contribution in [0.5, 0.6) is 92.0 Å². The lowest BCUT2D eigenvalue weighted by Crippen LogP contribution is -1.94. The normalized spacial score (nSPS) is 10.6. The summed E-state index contributed by atoms with van der Waals surface area (Å²) in [6.45, 7) is 0. The fourth-order valence-corrected chi connectivity index (χ4v) is 6.40. The first-order chi connectivity index (χ1) is 31.5. The van der Waals surface area contributed by atoms with Crippen molar-refractivity contribution in [2.45, 2.75) is 0 Å². The second kappa shape index (κ2) is 19.1. The van der Waals surface area contributed by atoms with Crippen LogP contribution in [0, 0.1) is 0 Å². The molecule has 9 rings (SSSR count). The highest BCUT2D eigenvalue weighted by atomic mass is 16.6. The van der Waals surface area contributed by atoms with Gasteiger partial charge in [-0.25, -0.2) is 0 Å². The number of hydrogen-bond donors (Lipinski definition) is 2. The van der Waals surface area contributed by atoms with E-state index < -0.39 is 0 Å². The van der Waals surface area contributed by atoms with Crippen LogP contribution in [0.2, 0.25) is 0 Å². The van der Waals surface area contributed by atoms with Gasteiger partial charge in [0.05, 0.1) is 0 Å². The summed E-state index contributed by atoms with van der Waals surface area (Å²) >= 11 is 0. The summed E-state index contributed by atoms with van der Waals surface area (Å²) in [5.41, 5.74) is 13.1. The molecule has 4 N–H and O–H groups in total. The maximum Gasteiger partial charge on any atom is 0.170 e. The van der Waals surface area contributed by atoms with Crippen molar-refractivity contribution in [2.75, 3.05) is 11.5 Å². The highest BCUT2D eigenvalue weighted by Gasteiger charge is 2.14. The Labute approximate surface area is 369 Å². The third-order valence-electron chi connectivity index (χ3n) is 9.39. The molecule has 0 bridgehead atoms. The molecule has 64 heavy (non-hydrogen) atoms. The average Bonchev–Trinajstić information content (AvgIpc) is 3.30. The summed E-state index contributed by atoms with van der Waals surface area (Å²) in [4.78, 5) is 0. The molecule has 0 amide bonds. The highest BCUT2D eigenvalue weighted by Crippen LogP contribution is 2.42. The van der Waals surface area contributed by atoms with Crippen LogP contribution in [0.25, 0.3) is 0 Å². The minimum absolute atomic E-state index is 0.514. The number of anilines is 2. The van der Waals surface area contributed by atoms with E-state index in [0.717, 1.165) is 0 Å². The molecule has 10 nitrogen and oxygen atoms in total. The van der Waals surface area contributed by atoms with E-state index in [1.165, 1.54) is 0 Å². The third-order valence-corrected chi connectivity index (χ3v) is 9.39. The zero-order valence-electron chi connectivity index (χ0n) is 34.2. The lowest BCUT2D eigenvalue weighted by Gasteiger charge is -2.15. The quantitative estimate of drug-likeness (QED) is 0.0908. The van der Waals surface area contributed by atoms with E-state index in [0.29, 0.717) is 103 Å². The van der Waals surface area contributed by atoms with Gasteiger partial charge in [0, 0.05) is 29.6 Å². The number of ether oxygens (including phenoxy) is 8. The molecule has 0 aliphatic rings. The molecule has 0 heterocycles. The molecule has 0 spiro atoms. The average molecular weight is 845 g/mol. The Kier molecular flexibility index (Phi) is 12.1. The summed E-state index contributed by atoms with van der Waals surface area (Å²) in [6.07, 6.45) is 0. The van der Waals surface area contributed by atoms with Crippen LogP contribution < -0.4 is 49.4 Å². The topological polar surface area (TPSA) is 126 Å². The molecule has 0 atom stereocenters. The third kappa shape index (κ3) is 10.5. The monoisotopic (exact) mass is 844 g/mol. The van der Waals surface area contributed by atoms with Gasteiger partial charge in [0.2, 0.25) is 0 Å². The number of nitrogen functional groups attached to an aromatic ring is 2. The Hall–Kier alpha value is -9.02. The van der Waals surface area contributed by atoms with Gasteiger partial charge in [-0.15, -0.1) is 0 Å². The zero-order chi connectivity index (χ0) is 43.5. The van der Waals surface area contributed by atoms with E-state index in [-0.39, 0.29) is 0 Å². The minimum atomic E-state index is 0.514. The molecular formula is C54H40N2O8. The van der Waals surface area contributed by atoms with Crippen molar-refractivity contribution in [3.05, 3.63) is 218 Å². The van der Waals surface area contributed by atoms with Crippen LogP contribution in [0.15, 0.2) is 218 Å². The van der Waals surface area contributed by atoms with Crippen molar-refractivity contribution < 1.29 is 37.9 Å². The van der Waals surface area contributed by atoms with Crippen molar-refractivity contribution in [3.8, 4) is 92.0 Å². The standard InChI is InChI=1S/C54H40N2O8/c55-37-12-9-14-43(34-37)61-49-20-3-7-24-53(49)63-51-22-5-1-18-47(51)59-41-30-26-39(27-31-41)57-45-16-11-17-46(36-45)58-40-28-32-42(33-29-40)60-48-19-2-6-23-52(48)64-54-25-8-4-21-50(54)62-44-15-10-13-38(56)35-44/h1-36H,55-56H2. The smallest absolute Gasteiger partial charge is 0.170 e. The van der Waals surface area contributed by atoms with Crippen molar-refractivity contribution in [1.29, 1.82) is 0 Å². The molecule has 9 aromatic rings. The summed E-state index contributed by atoms with van der Waals surface area (Å²) in [5, 5.41) is 0. The molecule has 0 saturated carbocycles. The lowest BCUT2D eigenvalue weighted by molar-refractivity contribution is 0.393. The second-order valence-electron chi connectivity index (χ2n) is 14.2. The first-order valence-corrected chi connectivity index (χ1v) is 20.3. The molecule has 0 fully saturated rings. The SMILES string of the molecule is Nc1cccc(Oc2ccccc2Oc2ccccc2Oc2ccc(Oc3cccc(Oc4ccc(Oc5ccccc5Oc5ccccc5Oc5cccc(N)c5)cc4)c3)cc2)c1. The molecule has 0 unspecified atom stereocenters. The van der Waals surface area contributed by atoms with Crippen LogP contribution in [-0.4, -0.2) is 0 Å². The van der Waals surface area contributed by atoms with Crippen LogP contribution in [-0.2, 0) is 0 Å². The number of nitrogens with two attached hydrogens (primary N) is 2. The fraction of sp³-hybridized carbons (Fsp3) is 0. The maximum atomic E-state index is 6.31. The fourth-order valence-electron chi connectivity index (χ4n) is 6.40. The van der Waals surface area contributed by atoms with Crippen LogP contribution in [0.4, 0.5) is 11.4 Å². The highest BCUT2D eigenvalue weighted by molar-refractivity contribution is 5.54. The molecule has 10 heteroatoms. The molecule has 314 valence electrons. The van der Waals surface area contributed by atoms with Crippen molar-refractivity contribution >= 4 is 11.4 Å². The molecule has 0 aliphatic heterocycles. The molecule has 0 saturated heterocycles. The molecule has 0 aliphatic carbocycles. The number of hydrogen-bond acceptors (Lipinski definition) is 10. The van der Waals surface area contributed by atoms with Gasteiger partial charge in [0.1, 0.15) is 46.0 Å². The van der Waals surface area contributed by atoms with Gasteiger partial charge in [-0.05, 0) is 133 Å². The van der Waals surface area contributed by atoms with Gasteiger partial charge in [-0.1, -0.05) is 66.7 Å². The first-order valence-electron chi connectivity index (χ1n) is 20.3. The molecule has 0 aromatic heterocycles. The maximum absolute atomic E-state index is 6.31. The zero-order valence-corrected chi connectivity index (χ0v) is 34.2. The molecule has 0 radical (unpaired) electrons. The second-order valence-corrected chi connectivity index (χ2v) is 14.2. The van der Waals surface area contributed by atoms with E-state index in [1.54, 1.807) is 24.3 Å². The summed E-state index contributed by atoms with van der Waals surface area (Å²) in [5.74, 6) is 9.01. The lowest BCUT2D eigenvalue weighted by atomic mass is 10.2. The number of benzene rings is 9. The Morgan fingerprint density at radius 3 is 0.719 bits per heavy atom. The molecule has 9 aromatic carbocycles. The Morgan fingerprint density at radius 2 is 0.422 bits per heavy atom. The molecular weight excluding hydrogens is 805 g/mol. The van der Waals surface area contributed by atoms with Crippen molar-refractivity contribution in [3.63, 3.8) is 0 Å². The van der Waals surface area contributed by atoms with Gasteiger partial charge in [0.25, 0.3) is 0 Å². The first kappa shape index (κ1) is 40.4. The predicted molar refractivity (Wildman–Crippen MR) is 247 cm³/mol. The van der Waals surface area contributed by atoms with Crippen LogP contribution >= 0.6 is 0 Å². The summed E-state index contributed by atoms with van der Waals surface area (Å²) in [6, 6.07) is 66.2. The van der Waals surface area contributed by atoms with E-state index in [4.69, 9.17) is 49.4 Å². The summed E-state index contributed by atoms with van der Waals surface area (Å²) in [7, 11) is 0. The largest absolute Gasteiger partial charge is 0.457 e. The van der Waals surface area contributed by atoms with Gasteiger partial charge >= 0.3 is 0 Å². The van der Waals surface area contributed by atoms with Gasteiger partial charge in [0.15, 0.2) is 46.0 Å². The predicted octanol–water partition coefficient (Wildman–Crippen LogP) is 15.2. The Balaban J connectivity index is 0.807. The van der Waals surface area contributed by atoms with Gasteiger partial charge < -0.3 is 49.4 Å². The van der Waals surface area contributed by atoms with E-state index in [1.807, 2.05) is 194 Å². The Bertz CT molecular complexity index is 2790. The van der Waals surface area contributed by atoms with E-state index in [2.05, 4.69) is 0 Å². The van der Waals surface area contributed by atoms with Crippen molar-refractivity contribution in [2.24, 2.45) is 0 Å². The van der Waals surface area contributed by atoms with E-state index in [9.17, 15) is 0 Å². The summed E-state index contributed by atoms with van der Waals surface area (Å²) < 4.78 is 49.7. The van der Waals surface area contributed by atoms with Gasteiger partial charge in [-0.3, -0.25) is 0 Å². The van der Waals surface area contributed by atoms with Crippen LogP contribution in [0.1, 0.15) is 0 Å². The van der Waals surface area contributed by atoms with E-state index >= 15 is 0 Å². The van der Waals surface area contributed by atoms with Gasteiger partial charge in [-0.2, -0.15) is 0 Å². The van der Waals surface area contributed by atoms with Crippen molar-refractivity contribution in [1.82, 2.24) is 0 Å². The number of rotatable bonds is 16. The minimum Gasteiger partial charge on any atom is -0.457 e. The number of para-hydroxylation sites is 8. The van der Waals surface area contributed by atoms with Crippen LogP contribution in [0.3, 0.4) is 0 Å².